The third-order valence-electron chi connectivity index (χ3n) is 3.77. The molecule has 1 heterocycles. The van der Waals surface area contributed by atoms with Crippen LogP contribution in [0.15, 0.2) is 30.3 Å². The number of rotatable bonds is 7. The molecule has 1 aromatic carbocycles. The van der Waals surface area contributed by atoms with Crippen molar-refractivity contribution in [3.63, 3.8) is 0 Å². The maximum absolute atomic E-state index is 11.3. The minimum absolute atomic E-state index is 0.0748. The SMILES string of the molecule is COC(=O)C[C@H]1C[C@@H](O)C[C@@H](CCOCc2ccccc2)O1. The highest BCUT2D eigenvalue weighted by Gasteiger charge is 2.29. The van der Waals surface area contributed by atoms with E-state index in [1.807, 2.05) is 30.3 Å². The second-order valence-electron chi connectivity index (χ2n) is 5.61. The lowest BCUT2D eigenvalue weighted by Gasteiger charge is -2.32. The summed E-state index contributed by atoms with van der Waals surface area (Å²) in [4.78, 5) is 11.3. The number of esters is 1. The van der Waals surface area contributed by atoms with E-state index >= 15 is 0 Å². The third-order valence-corrected chi connectivity index (χ3v) is 3.77. The molecule has 22 heavy (non-hydrogen) atoms. The fourth-order valence-electron chi connectivity index (χ4n) is 2.65. The van der Waals surface area contributed by atoms with Gasteiger partial charge in [-0.3, -0.25) is 4.79 Å². The van der Waals surface area contributed by atoms with Gasteiger partial charge in [-0.1, -0.05) is 30.3 Å². The molecule has 0 radical (unpaired) electrons. The highest BCUT2D eigenvalue weighted by Crippen LogP contribution is 2.24. The molecule has 5 nitrogen and oxygen atoms in total. The van der Waals surface area contributed by atoms with Gasteiger partial charge in [-0.25, -0.2) is 0 Å². The highest BCUT2D eigenvalue weighted by molar-refractivity contribution is 5.69. The summed E-state index contributed by atoms with van der Waals surface area (Å²) in [7, 11) is 1.36. The number of ether oxygens (including phenoxy) is 3. The fourth-order valence-corrected chi connectivity index (χ4v) is 2.65. The number of methoxy groups -OCH3 is 1. The van der Waals surface area contributed by atoms with Gasteiger partial charge in [0, 0.05) is 13.0 Å². The molecule has 0 unspecified atom stereocenters. The van der Waals surface area contributed by atoms with Crippen LogP contribution in [0.1, 0.15) is 31.2 Å². The molecular weight excluding hydrogens is 284 g/mol. The van der Waals surface area contributed by atoms with Crippen molar-refractivity contribution < 1.29 is 24.1 Å². The van der Waals surface area contributed by atoms with Crippen molar-refractivity contribution in [1.82, 2.24) is 0 Å². The topological polar surface area (TPSA) is 65.0 Å². The van der Waals surface area contributed by atoms with Gasteiger partial charge in [0.15, 0.2) is 0 Å². The Morgan fingerprint density at radius 1 is 1.27 bits per heavy atom. The Morgan fingerprint density at radius 3 is 2.73 bits per heavy atom. The minimum Gasteiger partial charge on any atom is -0.469 e. The Balaban J connectivity index is 1.69. The number of hydrogen-bond acceptors (Lipinski definition) is 5. The average molecular weight is 308 g/mol. The van der Waals surface area contributed by atoms with Gasteiger partial charge in [-0.2, -0.15) is 0 Å². The second-order valence-corrected chi connectivity index (χ2v) is 5.61. The minimum atomic E-state index is -0.428. The molecule has 3 atom stereocenters. The maximum Gasteiger partial charge on any atom is 0.308 e. The van der Waals surface area contributed by atoms with Gasteiger partial charge in [0.25, 0.3) is 0 Å². The predicted octanol–water partition coefficient (Wildman–Crippen LogP) is 2.06. The fraction of sp³-hybridized carbons (Fsp3) is 0.588. The molecule has 0 bridgehead atoms. The average Bonchev–Trinajstić information content (AvgIpc) is 2.52. The summed E-state index contributed by atoms with van der Waals surface area (Å²) in [5.74, 6) is -0.307. The van der Waals surface area contributed by atoms with E-state index in [2.05, 4.69) is 4.74 Å². The number of aliphatic hydroxyl groups is 1. The number of carbonyl (C=O) groups is 1. The van der Waals surface area contributed by atoms with E-state index in [1.165, 1.54) is 7.11 Å². The smallest absolute Gasteiger partial charge is 0.308 e. The summed E-state index contributed by atoms with van der Waals surface area (Å²) in [6.07, 6.45) is 1.20. The first kappa shape index (κ1) is 16.9. The molecule has 0 aromatic heterocycles. The summed E-state index contributed by atoms with van der Waals surface area (Å²) < 4.78 is 16.1. The Hall–Kier alpha value is -1.43. The van der Waals surface area contributed by atoms with Crippen molar-refractivity contribution in [3.8, 4) is 0 Å². The Bertz CT molecular complexity index is 448. The summed E-state index contributed by atoms with van der Waals surface area (Å²) >= 11 is 0. The normalized spacial score (nSPS) is 24.9. The quantitative estimate of drug-likeness (QED) is 0.617. The first-order valence-corrected chi connectivity index (χ1v) is 7.69. The Morgan fingerprint density at radius 2 is 2.00 bits per heavy atom. The zero-order valence-electron chi connectivity index (χ0n) is 12.9. The lowest BCUT2D eigenvalue weighted by molar-refractivity contribution is -0.151. The van der Waals surface area contributed by atoms with Gasteiger partial charge in [-0.15, -0.1) is 0 Å². The Kier molecular flexibility index (Phi) is 6.83. The molecular formula is C17H24O5. The van der Waals surface area contributed by atoms with E-state index in [0.29, 0.717) is 32.5 Å². The van der Waals surface area contributed by atoms with Gasteiger partial charge in [0.2, 0.25) is 0 Å². The molecule has 5 heteroatoms. The molecule has 1 fully saturated rings. The molecule has 2 rings (SSSR count). The van der Waals surface area contributed by atoms with Gasteiger partial charge in [-0.05, 0) is 18.4 Å². The number of aliphatic hydroxyl groups excluding tert-OH is 1. The predicted molar refractivity (Wildman–Crippen MR) is 81.2 cm³/mol. The molecule has 1 N–H and O–H groups in total. The molecule has 0 spiro atoms. The Labute approximate surface area is 131 Å². The first-order valence-electron chi connectivity index (χ1n) is 7.69. The van der Waals surface area contributed by atoms with E-state index in [4.69, 9.17) is 9.47 Å². The molecule has 1 saturated heterocycles. The van der Waals surface area contributed by atoms with Gasteiger partial charge in [0.05, 0.1) is 38.4 Å². The van der Waals surface area contributed by atoms with E-state index < -0.39 is 6.10 Å². The summed E-state index contributed by atoms with van der Waals surface area (Å²) in [6, 6.07) is 9.98. The van der Waals surface area contributed by atoms with Gasteiger partial charge >= 0.3 is 5.97 Å². The van der Waals surface area contributed by atoms with Crippen molar-refractivity contribution in [2.75, 3.05) is 13.7 Å². The van der Waals surface area contributed by atoms with Crippen LogP contribution in [0.3, 0.4) is 0 Å². The van der Waals surface area contributed by atoms with Crippen LogP contribution in [0.25, 0.3) is 0 Å². The van der Waals surface area contributed by atoms with Crippen LogP contribution in [0, 0.1) is 0 Å². The molecule has 0 aliphatic carbocycles. The van der Waals surface area contributed by atoms with Crippen LogP contribution in [0.4, 0.5) is 0 Å². The van der Waals surface area contributed by atoms with Crippen LogP contribution in [0.2, 0.25) is 0 Å². The van der Waals surface area contributed by atoms with Crippen LogP contribution in [-0.2, 0) is 25.6 Å². The third kappa shape index (κ3) is 5.75. The summed E-state index contributed by atoms with van der Waals surface area (Å²) in [5, 5.41) is 9.90. The van der Waals surface area contributed by atoms with Crippen molar-refractivity contribution in [3.05, 3.63) is 35.9 Å². The lowest BCUT2D eigenvalue weighted by Crippen LogP contribution is -2.37. The van der Waals surface area contributed by atoms with Crippen molar-refractivity contribution in [2.45, 2.75) is 50.6 Å². The first-order chi connectivity index (χ1) is 10.7. The van der Waals surface area contributed by atoms with Crippen molar-refractivity contribution in [1.29, 1.82) is 0 Å². The largest absolute Gasteiger partial charge is 0.469 e. The zero-order valence-corrected chi connectivity index (χ0v) is 12.9. The molecule has 0 amide bonds. The van der Waals surface area contributed by atoms with Crippen LogP contribution in [-0.4, -0.2) is 43.1 Å². The number of benzene rings is 1. The molecule has 1 aliphatic heterocycles. The van der Waals surface area contributed by atoms with E-state index in [9.17, 15) is 9.90 Å². The molecule has 1 aromatic rings. The van der Waals surface area contributed by atoms with E-state index in [0.717, 1.165) is 5.56 Å². The van der Waals surface area contributed by atoms with E-state index in [1.54, 1.807) is 0 Å². The van der Waals surface area contributed by atoms with Crippen LogP contribution < -0.4 is 0 Å². The van der Waals surface area contributed by atoms with Crippen molar-refractivity contribution >= 4 is 5.97 Å². The number of carbonyl (C=O) groups excluding carboxylic acids is 1. The number of hydrogen-bond donors (Lipinski definition) is 1. The highest BCUT2D eigenvalue weighted by atomic mass is 16.5. The van der Waals surface area contributed by atoms with Gasteiger partial charge < -0.3 is 19.3 Å². The zero-order chi connectivity index (χ0) is 15.8. The second kappa shape index (κ2) is 8.88. The molecule has 0 saturated carbocycles. The monoisotopic (exact) mass is 308 g/mol. The molecule has 122 valence electrons. The lowest BCUT2D eigenvalue weighted by atomic mass is 9.97. The standard InChI is InChI=1S/C17H24O5/c1-20-17(19)11-16-10-14(18)9-15(22-16)7-8-21-12-13-5-3-2-4-6-13/h2-6,14-16,18H,7-12H2,1H3/t14-,15+,16+/m0/s1. The van der Waals surface area contributed by atoms with Crippen LogP contribution >= 0.6 is 0 Å². The maximum atomic E-state index is 11.3. The summed E-state index contributed by atoms with van der Waals surface area (Å²) in [5.41, 5.74) is 1.13. The van der Waals surface area contributed by atoms with E-state index in [-0.39, 0.29) is 24.6 Å². The summed E-state index contributed by atoms with van der Waals surface area (Å²) in [6.45, 7) is 1.14. The van der Waals surface area contributed by atoms with Crippen LogP contribution in [0.5, 0.6) is 0 Å². The molecule has 1 aliphatic rings. The van der Waals surface area contributed by atoms with Gasteiger partial charge in [0.1, 0.15) is 0 Å². The van der Waals surface area contributed by atoms with Crippen molar-refractivity contribution in [2.24, 2.45) is 0 Å².